The summed E-state index contributed by atoms with van der Waals surface area (Å²) in [6, 6.07) is 10.5. The fraction of sp³-hybridized carbons (Fsp3) is 0.444. The van der Waals surface area contributed by atoms with Crippen LogP contribution in [0.5, 0.6) is 0 Å². The zero-order valence-corrected chi connectivity index (χ0v) is 14.4. The number of hydrogen-bond donors (Lipinski definition) is 1. The van der Waals surface area contributed by atoms with Crippen LogP contribution in [0, 0.1) is 0 Å². The molecule has 4 rings (SSSR count). The highest BCUT2D eigenvalue weighted by atomic mass is 16.5. The van der Waals surface area contributed by atoms with E-state index in [1.165, 1.54) is 5.56 Å². The highest BCUT2D eigenvalue weighted by Gasteiger charge is 2.21. The zero-order valence-electron chi connectivity index (χ0n) is 14.4. The van der Waals surface area contributed by atoms with Gasteiger partial charge in [-0.1, -0.05) is 42.4 Å². The number of fused-ring (bicyclic) bond motifs is 1. The Hall–Kier alpha value is -2.54. The van der Waals surface area contributed by atoms with Crippen LogP contribution in [0.25, 0.3) is 0 Å². The molecular formula is C18H22N6O. The predicted molar refractivity (Wildman–Crippen MR) is 91.9 cm³/mol. The van der Waals surface area contributed by atoms with E-state index in [0.717, 1.165) is 43.3 Å². The summed E-state index contributed by atoms with van der Waals surface area (Å²) in [5.41, 5.74) is 1.18. The van der Waals surface area contributed by atoms with E-state index in [-0.39, 0.29) is 0 Å². The first kappa shape index (κ1) is 16.0. The molecule has 2 aromatic heterocycles. The minimum absolute atomic E-state index is 0.350. The molecule has 25 heavy (non-hydrogen) atoms. The van der Waals surface area contributed by atoms with E-state index in [2.05, 4.69) is 44.6 Å². The van der Waals surface area contributed by atoms with Gasteiger partial charge in [0.05, 0.1) is 13.1 Å². The lowest BCUT2D eigenvalue weighted by molar-refractivity contribution is 0.319. The summed E-state index contributed by atoms with van der Waals surface area (Å²) in [6.07, 6.45) is 3.57. The van der Waals surface area contributed by atoms with Crippen LogP contribution in [0.15, 0.2) is 34.9 Å². The molecule has 0 amide bonds. The van der Waals surface area contributed by atoms with Gasteiger partial charge >= 0.3 is 0 Å². The number of aryl methyl sites for hydroxylation is 2. The topological polar surface area (TPSA) is 81.7 Å². The van der Waals surface area contributed by atoms with E-state index < -0.39 is 0 Å². The van der Waals surface area contributed by atoms with E-state index in [9.17, 15) is 0 Å². The zero-order chi connectivity index (χ0) is 17.1. The maximum absolute atomic E-state index is 5.36. The Morgan fingerprint density at radius 2 is 2.08 bits per heavy atom. The molecule has 7 heteroatoms. The standard InChI is InChI=1S/C18H22N6O/c1-2-15-20-17-9-8-14(12-24(17)22-15)19-11-18-21-16(23-25-18)10-13-6-4-3-5-7-13/h3-7,14,19H,2,8-12H2,1H3/t14-/m1/s1. The molecule has 0 saturated carbocycles. The van der Waals surface area contributed by atoms with Crippen LogP contribution in [-0.2, 0) is 32.4 Å². The molecule has 0 fully saturated rings. The van der Waals surface area contributed by atoms with Gasteiger partial charge < -0.3 is 9.84 Å². The molecular weight excluding hydrogens is 316 g/mol. The quantitative estimate of drug-likeness (QED) is 0.739. The minimum atomic E-state index is 0.350. The van der Waals surface area contributed by atoms with Crippen molar-refractivity contribution in [1.82, 2.24) is 30.2 Å². The van der Waals surface area contributed by atoms with Crippen LogP contribution < -0.4 is 5.32 Å². The van der Waals surface area contributed by atoms with Gasteiger partial charge in [-0.3, -0.25) is 0 Å². The van der Waals surface area contributed by atoms with Gasteiger partial charge in [0, 0.05) is 25.3 Å². The van der Waals surface area contributed by atoms with Gasteiger partial charge in [-0.25, -0.2) is 9.67 Å². The van der Waals surface area contributed by atoms with Gasteiger partial charge in [0.25, 0.3) is 0 Å². The Morgan fingerprint density at radius 3 is 2.92 bits per heavy atom. The molecule has 0 saturated heterocycles. The number of benzene rings is 1. The minimum Gasteiger partial charge on any atom is -0.338 e. The van der Waals surface area contributed by atoms with Crippen LogP contribution >= 0.6 is 0 Å². The smallest absolute Gasteiger partial charge is 0.240 e. The first-order valence-electron chi connectivity index (χ1n) is 8.81. The molecule has 1 aliphatic heterocycles. The second kappa shape index (κ2) is 7.14. The summed E-state index contributed by atoms with van der Waals surface area (Å²) in [5, 5.41) is 12.1. The van der Waals surface area contributed by atoms with Crippen molar-refractivity contribution in [1.29, 1.82) is 0 Å². The SMILES string of the molecule is CCc1nc2n(n1)C[C@H](NCc1nc(Cc3ccccc3)no1)CC2. The summed E-state index contributed by atoms with van der Waals surface area (Å²) in [6.45, 7) is 3.50. The third-order valence-corrected chi connectivity index (χ3v) is 4.48. The average Bonchev–Trinajstić information content (AvgIpc) is 3.26. The Morgan fingerprint density at radius 1 is 1.20 bits per heavy atom. The molecule has 3 heterocycles. The Balaban J connectivity index is 1.32. The van der Waals surface area contributed by atoms with Crippen molar-refractivity contribution in [3.63, 3.8) is 0 Å². The van der Waals surface area contributed by atoms with Crippen molar-refractivity contribution < 1.29 is 4.52 Å². The van der Waals surface area contributed by atoms with Crippen molar-refractivity contribution in [2.24, 2.45) is 0 Å². The predicted octanol–water partition coefficient (Wildman–Crippen LogP) is 1.92. The largest absolute Gasteiger partial charge is 0.338 e. The lowest BCUT2D eigenvalue weighted by atomic mass is 10.1. The van der Waals surface area contributed by atoms with E-state index in [1.54, 1.807) is 0 Å². The number of nitrogens with zero attached hydrogens (tertiary/aromatic N) is 5. The molecule has 0 spiro atoms. The Bertz CT molecular complexity index is 825. The maximum atomic E-state index is 5.36. The number of hydrogen-bond acceptors (Lipinski definition) is 6. The summed E-state index contributed by atoms with van der Waals surface area (Å²) >= 11 is 0. The molecule has 0 bridgehead atoms. The third kappa shape index (κ3) is 3.76. The van der Waals surface area contributed by atoms with Crippen molar-refractivity contribution in [2.75, 3.05) is 0 Å². The summed E-state index contributed by atoms with van der Waals surface area (Å²) in [4.78, 5) is 9.02. The van der Waals surface area contributed by atoms with Gasteiger partial charge in [0.15, 0.2) is 11.6 Å². The highest BCUT2D eigenvalue weighted by Crippen LogP contribution is 2.14. The number of nitrogens with one attached hydrogen (secondary N) is 1. The fourth-order valence-electron chi connectivity index (χ4n) is 3.12. The monoisotopic (exact) mass is 338 g/mol. The summed E-state index contributed by atoms with van der Waals surface area (Å²) in [5.74, 6) is 3.37. The molecule has 1 atom stereocenters. The first-order valence-corrected chi connectivity index (χ1v) is 8.81. The Kier molecular flexibility index (Phi) is 4.56. The van der Waals surface area contributed by atoms with E-state index in [0.29, 0.717) is 24.9 Å². The second-order valence-electron chi connectivity index (χ2n) is 6.36. The molecule has 7 nitrogen and oxygen atoms in total. The van der Waals surface area contributed by atoms with Crippen molar-refractivity contribution in [3.05, 3.63) is 59.3 Å². The van der Waals surface area contributed by atoms with E-state index in [4.69, 9.17) is 4.52 Å². The van der Waals surface area contributed by atoms with Gasteiger partial charge in [-0.15, -0.1) is 0 Å². The lowest BCUT2D eigenvalue weighted by Crippen LogP contribution is -2.37. The molecule has 130 valence electrons. The molecule has 0 unspecified atom stereocenters. The molecule has 1 aromatic carbocycles. The van der Waals surface area contributed by atoms with Crippen LogP contribution in [0.4, 0.5) is 0 Å². The van der Waals surface area contributed by atoms with Crippen LogP contribution in [0.1, 0.15) is 42.3 Å². The van der Waals surface area contributed by atoms with Crippen LogP contribution in [-0.4, -0.2) is 30.9 Å². The molecule has 0 radical (unpaired) electrons. The normalized spacial score (nSPS) is 16.8. The third-order valence-electron chi connectivity index (χ3n) is 4.48. The fourth-order valence-corrected chi connectivity index (χ4v) is 3.12. The molecule has 1 aliphatic rings. The molecule has 0 aliphatic carbocycles. The molecule has 1 N–H and O–H groups in total. The van der Waals surface area contributed by atoms with E-state index >= 15 is 0 Å². The number of rotatable bonds is 6. The number of aromatic nitrogens is 5. The van der Waals surface area contributed by atoms with E-state index in [1.807, 2.05) is 22.9 Å². The van der Waals surface area contributed by atoms with Crippen LogP contribution in [0.2, 0.25) is 0 Å². The van der Waals surface area contributed by atoms with Crippen molar-refractivity contribution >= 4 is 0 Å². The van der Waals surface area contributed by atoms with Crippen molar-refractivity contribution in [2.45, 2.75) is 51.7 Å². The van der Waals surface area contributed by atoms with Gasteiger partial charge in [0.1, 0.15) is 5.82 Å². The van der Waals surface area contributed by atoms with Crippen LogP contribution in [0.3, 0.4) is 0 Å². The first-order chi connectivity index (χ1) is 12.3. The molecule has 3 aromatic rings. The summed E-state index contributed by atoms with van der Waals surface area (Å²) in [7, 11) is 0. The highest BCUT2D eigenvalue weighted by molar-refractivity contribution is 5.18. The second-order valence-corrected chi connectivity index (χ2v) is 6.36. The summed E-state index contributed by atoms with van der Waals surface area (Å²) < 4.78 is 7.38. The van der Waals surface area contributed by atoms with Crippen molar-refractivity contribution in [3.8, 4) is 0 Å². The average molecular weight is 338 g/mol. The Labute approximate surface area is 146 Å². The van der Waals surface area contributed by atoms with Gasteiger partial charge in [0.2, 0.25) is 5.89 Å². The lowest BCUT2D eigenvalue weighted by Gasteiger charge is -2.22. The van der Waals surface area contributed by atoms with Gasteiger partial charge in [-0.05, 0) is 12.0 Å². The maximum Gasteiger partial charge on any atom is 0.240 e. The van der Waals surface area contributed by atoms with Gasteiger partial charge in [-0.2, -0.15) is 10.1 Å².